The minimum absolute atomic E-state index is 0.517. The Bertz CT molecular complexity index is 547. The highest BCUT2D eigenvalue weighted by atomic mass is 16.4. The van der Waals surface area contributed by atoms with Gasteiger partial charge in [-0.25, -0.2) is 4.98 Å². The van der Waals surface area contributed by atoms with Gasteiger partial charge in [-0.3, -0.25) is 0 Å². The summed E-state index contributed by atoms with van der Waals surface area (Å²) in [6.07, 6.45) is 3.08. The molecule has 20 heavy (non-hydrogen) atoms. The summed E-state index contributed by atoms with van der Waals surface area (Å²) in [5, 5.41) is 3.36. The summed E-state index contributed by atoms with van der Waals surface area (Å²) in [4.78, 5) is 4.37. The van der Waals surface area contributed by atoms with Gasteiger partial charge in [-0.2, -0.15) is 0 Å². The number of hydrogen-bond acceptors (Lipinski definition) is 3. The zero-order chi connectivity index (χ0) is 13.9. The van der Waals surface area contributed by atoms with E-state index in [1.807, 2.05) is 6.20 Å². The van der Waals surface area contributed by atoms with Crippen molar-refractivity contribution in [3.63, 3.8) is 0 Å². The summed E-state index contributed by atoms with van der Waals surface area (Å²) >= 11 is 0. The van der Waals surface area contributed by atoms with Gasteiger partial charge in [0.1, 0.15) is 5.76 Å². The number of benzene rings is 1. The predicted octanol–water partition coefficient (Wildman–Crippen LogP) is 3.69. The molecule has 1 aromatic heterocycles. The first-order valence-electron chi connectivity index (χ1n) is 7.44. The Balaban J connectivity index is 1.56. The normalized spacial score (nSPS) is 21.4. The van der Waals surface area contributed by atoms with Crippen molar-refractivity contribution in [2.45, 2.75) is 38.6 Å². The van der Waals surface area contributed by atoms with Gasteiger partial charge in [0, 0.05) is 5.92 Å². The average Bonchev–Trinajstić information content (AvgIpc) is 3.12. The van der Waals surface area contributed by atoms with Gasteiger partial charge < -0.3 is 9.73 Å². The van der Waals surface area contributed by atoms with Crippen LogP contribution >= 0.6 is 0 Å². The summed E-state index contributed by atoms with van der Waals surface area (Å²) in [5.74, 6) is 3.62. The fourth-order valence-corrected chi connectivity index (χ4v) is 2.62. The first-order chi connectivity index (χ1) is 9.74. The molecular weight excluding hydrogens is 248 g/mol. The van der Waals surface area contributed by atoms with Gasteiger partial charge in [-0.1, -0.05) is 44.2 Å². The van der Waals surface area contributed by atoms with Gasteiger partial charge >= 0.3 is 0 Å². The zero-order valence-electron chi connectivity index (χ0n) is 12.2. The molecule has 1 N–H and O–H groups in total. The van der Waals surface area contributed by atoms with Crippen LogP contribution in [0.3, 0.4) is 0 Å². The van der Waals surface area contributed by atoms with Crippen LogP contribution in [-0.2, 0) is 6.54 Å². The Morgan fingerprint density at radius 2 is 2.05 bits per heavy atom. The van der Waals surface area contributed by atoms with Crippen LogP contribution in [0, 0.1) is 5.92 Å². The number of rotatable bonds is 6. The summed E-state index contributed by atoms with van der Waals surface area (Å²) in [7, 11) is 0. The second kappa shape index (κ2) is 5.80. The van der Waals surface area contributed by atoms with Crippen molar-refractivity contribution in [3.8, 4) is 0 Å². The van der Waals surface area contributed by atoms with Gasteiger partial charge in [0.2, 0.25) is 5.89 Å². The van der Waals surface area contributed by atoms with Crippen molar-refractivity contribution >= 4 is 0 Å². The Kier molecular flexibility index (Phi) is 3.88. The lowest BCUT2D eigenvalue weighted by atomic mass is 10.1. The third-order valence-electron chi connectivity index (χ3n) is 3.78. The van der Waals surface area contributed by atoms with E-state index in [2.05, 4.69) is 54.5 Å². The fourth-order valence-electron chi connectivity index (χ4n) is 2.62. The van der Waals surface area contributed by atoms with E-state index in [9.17, 15) is 0 Å². The molecule has 3 rings (SSSR count). The molecule has 0 spiro atoms. The molecule has 2 aromatic rings. The highest BCUT2D eigenvalue weighted by molar-refractivity contribution is 5.31. The molecule has 1 heterocycles. The predicted molar refractivity (Wildman–Crippen MR) is 79.6 cm³/mol. The molecule has 1 fully saturated rings. The summed E-state index contributed by atoms with van der Waals surface area (Å²) in [6.45, 7) is 6.11. The first-order valence-corrected chi connectivity index (χ1v) is 7.44. The molecule has 0 bridgehead atoms. The number of nitrogens with zero attached hydrogens (tertiary/aromatic N) is 1. The summed E-state index contributed by atoms with van der Waals surface area (Å²) < 4.78 is 5.87. The van der Waals surface area contributed by atoms with Gasteiger partial charge in [-0.05, 0) is 30.4 Å². The van der Waals surface area contributed by atoms with E-state index in [1.54, 1.807) is 0 Å². The molecule has 0 radical (unpaired) electrons. The maximum atomic E-state index is 5.87. The maximum Gasteiger partial charge on any atom is 0.208 e. The summed E-state index contributed by atoms with van der Waals surface area (Å²) in [5.41, 5.74) is 1.41. The number of oxazole rings is 1. The van der Waals surface area contributed by atoms with Crippen LogP contribution in [0.5, 0.6) is 0 Å². The van der Waals surface area contributed by atoms with E-state index < -0.39 is 0 Å². The number of aromatic nitrogens is 1. The molecular formula is C17H22N2O. The SMILES string of the molecule is CC(C)CNCc1ncc(C2CC2c2ccccc2)o1. The summed E-state index contributed by atoms with van der Waals surface area (Å²) in [6, 6.07) is 10.7. The molecule has 1 aromatic carbocycles. The molecule has 3 nitrogen and oxygen atoms in total. The molecule has 0 amide bonds. The van der Waals surface area contributed by atoms with Crippen molar-refractivity contribution in [2.24, 2.45) is 5.92 Å². The molecule has 1 aliphatic carbocycles. The van der Waals surface area contributed by atoms with Gasteiger partial charge in [0.15, 0.2) is 0 Å². The Morgan fingerprint density at radius 1 is 1.25 bits per heavy atom. The van der Waals surface area contributed by atoms with Crippen LogP contribution in [0.2, 0.25) is 0 Å². The molecule has 3 heteroatoms. The fraction of sp³-hybridized carbons (Fsp3) is 0.471. The zero-order valence-corrected chi connectivity index (χ0v) is 12.2. The van der Waals surface area contributed by atoms with Crippen LogP contribution in [0.25, 0.3) is 0 Å². The van der Waals surface area contributed by atoms with Crippen molar-refractivity contribution in [2.75, 3.05) is 6.54 Å². The second-order valence-electron chi connectivity index (χ2n) is 6.04. The monoisotopic (exact) mass is 270 g/mol. The topological polar surface area (TPSA) is 38.1 Å². The minimum Gasteiger partial charge on any atom is -0.444 e. The van der Waals surface area contributed by atoms with E-state index in [1.165, 1.54) is 12.0 Å². The van der Waals surface area contributed by atoms with Gasteiger partial charge in [0.05, 0.1) is 12.7 Å². The third kappa shape index (κ3) is 3.10. The number of hydrogen-bond donors (Lipinski definition) is 1. The van der Waals surface area contributed by atoms with E-state index in [-0.39, 0.29) is 0 Å². The highest BCUT2D eigenvalue weighted by Gasteiger charge is 2.41. The van der Waals surface area contributed by atoms with Crippen molar-refractivity contribution in [3.05, 3.63) is 53.7 Å². The van der Waals surface area contributed by atoms with E-state index >= 15 is 0 Å². The van der Waals surface area contributed by atoms with E-state index in [0.29, 0.717) is 17.8 Å². The van der Waals surface area contributed by atoms with Crippen LogP contribution in [0.15, 0.2) is 40.9 Å². The molecule has 1 saturated carbocycles. The molecule has 1 aliphatic rings. The van der Waals surface area contributed by atoms with Gasteiger partial charge in [-0.15, -0.1) is 0 Å². The van der Waals surface area contributed by atoms with Crippen molar-refractivity contribution in [1.29, 1.82) is 0 Å². The van der Waals surface area contributed by atoms with E-state index in [4.69, 9.17) is 4.42 Å². The smallest absolute Gasteiger partial charge is 0.208 e. The quantitative estimate of drug-likeness (QED) is 0.870. The van der Waals surface area contributed by atoms with Crippen LogP contribution < -0.4 is 5.32 Å². The Morgan fingerprint density at radius 3 is 2.80 bits per heavy atom. The lowest BCUT2D eigenvalue weighted by molar-refractivity contribution is 0.425. The lowest BCUT2D eigenvalue weighted by Crippen LogP contribution is -2.19. The number of nitrogens with one attached hydrogen (secondary N) is 1. The molecule has 0 aliphatic heterocycles. The average molecular weight is 270 g/mol. The maximum absolute atomic E-state index is 5.87. The standard InChI is InChI=1S/C17H22N2O/c1-12(2)9-18-11-17-19-10-16(20-17)15-8-14(15)13-6-4-3-5-7-13/h3-7,10,12,14-15,18H,8-9,11H2,1-2H3. The van der Waals surface area contributed by atoms with E-state index in [0.717, 1.165) is 24.7 Å². The Hall–Kier alpha value is -1.61. The van der Waals surface area contributed by atoms with Crippen molar-refractivity contribution in [1.82, 2.24) is 10.3 Å². The molecule has 0 saturated heterocycles. The van der Waals surface area contributed by atoms with Gasteiger partial charge in [0.25, 0.3) is 0 Å². The van der Waals surface area contributed by atoms with Crippen molar-refractivity contribution < 1.29 is 4.42 Å². The largest absolute Gasteiger partial charge is 0.444 e. The molecule has 2 atom stereocenters. The highest BCUT2D eigenvalue weighted by Crippen LogP contribution is 2.54. The first kappa shape index (κ1) is 13.4. The third-order valence-corrected chi connectivity index (χ3v) is 3.78. The Labute approximate surface area is 120 Å². The van der Waals surface area contributed by atoms with Crippen LogP contribution in [-0.4, -0.2) is 11.5 Å². The van der Waals surface area contributed by atoms with Crippen LogP contribution in [0.4, 0.5) is 0 Å². The minimum atomic E-state index is 0.517. The molecule has 2 unspecified atom stereocenters. The molecule has 106 valence electrons. The second-order valence-corrected chi connectivity index (χ2v) is 6.04. The lowest BCUT2D eigenvalue weighted by Gasteiger charge is -2.04. The van der Waals surface area contributed by atoms with Crippen LogP contribution in [0.1, 0.15) is 49.3 Å².